The molecule has 0 spiro atoms. The van der Waals surface area contributed by atoms with E-state index < -0.39 is 0 Å². The number of nitrogens with zero attached hydrogens (tertiary/aromatic N) is 4. The lowest BCUT2D eigenvalue weighted by Crippen LogP contribution is -1.87. The fourth-order valence-corrected chi connectivity index (χ4v) is 3.81. The Balaban J connectivity index is 1.36. The van der Waals surface area contributed by atoms with E-state index in [1.807, 2.05) is 18.2 Å². The van der Waals surface area contributed by atoms with Crippen LogP contribution in [0.4, 0.5) is 0 Å². The van der Waals surface area contributed by atoms with Crippen LogP contribution in [0.25, 0.3) is 11.4 Å². The van der Waals surface area contributed by atoms with Gasteiger partial charge < -0.3 is 4.52 Å². The van der Waals surface area contributed by atoms with Gasteiger partial charge in [0.2, 0.25) is 16.9 Å². The van der Waals surface area contributed by atoms with E-state index >= 15 is 0 Å². The molecule has 0 aliphatic heterocycles. The molecule has 6 nitrogen and oxygen atoms in total. The zero-order chi connectivity index (χ0) is 17.8. The van der Waals surface area contributed by atoms with Gasteiger partial charge in [-0.1, -0.05) is 54.2 Å². The van der Waals surface area contributed by atoms with E-state index in [0.717, 1.165) is 24.2 Å². The molecule has 1 aromatic carbocycles. The van der Waals surface area contributed by atoms with E-state index in [9.17, 15) is 0 Å². The van der Waals surface area contributed by atoms with Gasteiger partial charge in [0.15, 0.2) is 0 Å². The maximum Gasteiger partial charge on any atom is 0.237 e. The van der Waals surface area contributed by atoms with Crippen LogP contribution in [-0.2, 0) is 18.6 Å². The minimum atomic E-state index is 0.538. The summed E-state index contributed by atoms with van der Waals surface area (Å²) < 4.78 is 5.34. The molecule has 0 aliphatic rings. The third kappa shape index (κ3) is 4.03. The molecule has 0 saturated carbocycles. The van der Waals surface area contributed by atoms with Crippen LogP contribution in [0, 0.1) is 0 Å². The second-order valence-corrected chi connectivity index (χ2v) is 7.65. The van der Waals surface area contributed by atoms with Crippen molar-refractivity contribution in [2.75, 3.05) is 0 Å². The smallest absolute Gasteiger partial charge is 0.237 e. The number of hydrogen-bond donors (Lipinski definition) is 1. The average Bonchev–Trinajstić information content (AvgIpc) is 3.43. The Morgan fingerprint density at radius 1 is 1.15 bits per heavy atom. The monoisotopic (exact) mass is 383 g/mol. The predicted octanol–water partition coefficient (Wildman–Crippen LogP) is 4.36. The fraction of sp³-hybridized carbons (Fsp3) is 0.222. The van der Waals surface area contributed by atoms with Gasteiger partial charge in [0.25, 0.3) is 0 Å². The van der Waals surface area contributed by atoms with Crippen molar-refractivity contribution in [2.24, 2.45) is 0 Å². The maximum atomic E-state index is 5.34. The first kappa shape index (κ1) is 17.0. The molecular weight excluding hydrogens is 366 g/mol. The van der Waals surface area contributed by atoms with E-state index in [0.29, 0.717) is 22.6 Å². The number of H-pyrrole nitrogens is 1. The number of nitrogens with one attached hydrogen (secondary N) is 1. The normalized spacial score (nSPS) is 11.1. The Labute approximate surface area is 159 Å². The van der Waals surface area contributed by atoms with Crippen LogP contribution in [0.15, 0.2) is 51.5 Å². The first-order chi connectivity index (χ1) is 12.8. The summed E-state index contributed by atoms with van der Waals surface area (Å²) >= 11 is 3.19. The SMILES string of the molecule is CCc1ccc(-c2noc(CSc3n[nH]c(Cc4cccs4)n3)n2)cc1. The molecule has 4 rings (SSSR count). The van der Waals surface area contributed by atoms with Gasteiger partial charge in [-0.25, -0.2) is 4.98 Å². The molecule has 0 radical (unpaired) electrons. The van der Waals surface area contributed by atoms with Crippen molar-refractivity contribution in [3.05, 3.63) is 63.9 Å². The Kier molecular flexibility index (Phi) is 5.12. The van der Waals surface area contributed by atoms with Gasteiger partial charge in [-0.2, -0.15) is 4.98 Å². The van der Waals surface area contributed by atoms with Crippen molar-refractivity contribution in [2.45, 2.75) is 30.7 Å². The molecule has 1 N–H and O–H groups in total. The van der Waals surface area contributed by atoms with E-state index in [1.165, 1.54) is 22.2 Å². The van der Waals surface area contributed by atoms with Gasteiger partial charge in [-0.05, 0) is 23.4 Å². The van der Waals surface area contributed by atoms with Crippen molar-refractivity contribution in [3.8, 4) is 11.4 Å². The van der Waals surface area contributed by atoms with E-state index in [4.69, 9.17) is 4.52 Å². The molecule has 3 aromatic heterocycles. The predicted molar refractivity (Wildman–Crippen MR) is 102 cm³/mol. The topological polar surface area (TPSA) is 80.5 Å². The van der Waals surface area contributed by atoms with Crippen molar-refractivity contribution < 1.29 is 4.52 Å². The lowest BCUT2D eigenvalue weighted by molar-refractivity contribution is 0.391. The third-order valence-electron chi connectivity index (χ3n) is 3.85. The van der Waals surface area contributed by atoms with Crippen molar-refractivity contribution in [1.82, 2.24) is 25.3 Å². The highest BCUT2D eigenvalue weighted by atomic mass is 32.2. The van der Waals surface area contributed by atoms with E-state index in [-0.39, 0.29) is 0 Å². The van der Waals surface area contributed by atoms with Gasteiger partial charge >= 0.3 is 0 Å². The summed E-state index contributed by atoms with van der Waals surface area (Å²) in [7, 11) is 0. The van der Waals surface area contributed by atoms with Crippen LogP contribution in [0.2, 0.25) is 0 Å². The average molecular weight is 384 g/mol. The second kappa shape index (κ2) is 7.84. The quantitative estimate of drug-likeness (QED) is 0.478. The highest BCUT2D eigenvalue weighted by Crippen LogP contribution is 2.22. The molecule has 4 aromatic rings. The summed E-state index contributed by atoms with van der Waals surface area (Å²) in [6.07, 6.45) is 1.78. The Morgan fingerprint density at radius 3 is 2.81 bits per heavy atom. The summed E-state index contributed by atoms with van der Waals surface area (Å²) in [5.74, 6) is 2.57. The molecule has 0 atom stereocenters. The van der Waals surface area contributed by atoms with Crippen LogP contribution in [0.1, 0.15) is 29.1 Å². The summed E-state index contributed by atoms with van der Waals surface area (Å²) in [5, 5.41) is 14.0. The van der Waals surface area contributed by atoms with E-state index in [1.54, 1.807) is 11.3 Å². The zero-order valence-electron chi connectivity index (χ0n) is 14.2. The number of aryl methyl sites for hydroxylation is 1. The standard InChI is InChI=1S/C18H17N5OS2/c1-2-12-5-7-13(8-6-12)17-20-16(24-23-17)11-26-18-19-15(21-22-18)10-14-4-3-9-25-14/h3-9H,2,10-11H2,1H3,(H,19,21,22). The van der Waals surface area contributed by atoms with Crippen molar-refractivity contribution in [1.29, 1.82) is 0 Å². The molecule has 0 unspecified atom stereocenters. The fourth-order valence-electron chi connectivity index (χ4n) is 2.45. The summed E-state index contributed by atoms with van der Waals surface area (Å²) in [4.78, 5) is 10.2. The zero-order valence-corrected chi connectivity index (χ0v) is 15.8. The number of aromatic nitrogens is 5. The highest BCUT2D eigenvalue weighted by molar-refractivity contribution is 7.98. The number of thioether (sulfide) groups is 1. The summed E-state index contributed by atoms with van der Waals surface area (Å²) in [6, 6.07) is 12.3. The van der Waals surface area contributed by atoms with Crippen LogP contribution >= 0.6 is 23.1 Å². The molecule has 3 heterocycles. The van der Waals surface area contributed by atoms with Gasteiger partial charge in [0.05, 0.1) is 5.75 Å². The lowest BCUT2D eigenvalue weighted by Gasteiger charge is -1.97. The second-order valence-electron chi connectivity index (χ2n) is 5.67. The molecule has 0 saturated heterocycles. The van der Waals surface area contributed by atoms with Crippen LogP contribution in [0.3, 0.4) is 0 Å². The lowest BCUT2D eigenvalue weighted by atomic mass is 10.1. The number of hydrogen-bond acceptors (Lipinski definition) is 7. The Bertz CT molecular complexity index is 960. The molecule has 0 bridgehead atoms. The molecule has 26 heavy (non-hydrogen) atoms. The van der Waals surface area contributed by atoms with Crippen LogP contribution in [-0.4, -0.2) is 25.3 Å². The van der Waals surface area contributed by atoms with Crippen molar-refractivity contribution >= 4 is 23.1 Å². The van der Waals surface area contributed by atoms with Gasteiger partial charge in [0, 0.05) is 16.9 Å². The Hall–Kier alpha value is -2.45. The minimum absolute atomic E-state index is 0.538. The number of benzene rings is 1. The largest absolute Gasteiger partial charge is 0.338 e. The van der Waals surface area contributed by atoms with Crippen LogP contribution in [0.5, 0.6) is 0 Å². The first-order valence-electron chi connectivity index (χ1n) is 8.28. The number of rotatable bonds is 7. The molecular formula is C18H17N5OS2. The number of thiophene rings is 1. The minimum Gasteiger partial charge on any atom is -0.338 e. The van der Waals surface area contributed by atoms with Crippen molar-refractivity contribution in [3.63, 3.8) is 0 Å². The Morgan fingerprint density at radius 2 is 2.04 bits per heavy atom. The summed E-state index contributed by atoms with van der Waals surface area (Å²) in [6.45, 7) is 2.13. The molecule has 0 amide bonds. The summed E-state index contributed by atoms with van der Waals surface area (Å²) in [5.41, 5.74) is 2.24. The molecule has 0 aliphatic carbocycles. The molecule has 132 valence electrons. The van der Waals surface area contributed by atoms with Gasteiger partial charge in [-0.15, -0.1) is 16.4 Å². The maximum absolute atomic E-state index is 5.34. The molecule has 0 fully saturated rings. The van der Waals surface area contributed by atoms with Gasteiger partial charge in [-0.3, -0.25) is 5.10 Å². The third-order valence-corrected chi connectivity index (χ3v) is 5.55. The molecule has 8 heteroatoms. The van der Waals surface area contributed by atoms with E-state index in [2.05, 4.69) is 55.8 Å². The highest BCUT2D eigenvalue weighted by Gasteiger charge is 2.11. The van der Waals surface area contributed by atoms with Crippen LogP contribution < -0.4 is 0 Å². The first-order valence-corrected chi connectivity index (χ1v) is 10.1. The van der Waals surface area contributed by atoms with Gasteiger partial charge in [0.1, 0.15) is 5.82 Å². The number of aromatic amines is 1.